The van der Waals surface area contributed by atoms with E-state index in [9.17, 15) is 14.0 Å². The van der Waals surface area contributed by atoms with Crippen molar-refractivity contribution in [3.63, 3.8) is 0 Å². The molecule has 5 nitrogen and oxygen atoms in total. The molecule has 1 aromatic rings. The lowest BCUT2D eigenvalue weighted by Gasteiger charge is -2.23. The third-order valence-corrected chi connectivity index (χ3v) is 2.45. The van der Waals surface area contributed by atoms with Crippen molar-refractivity contribution < 1.29 is 14.0 Å². The summed E-state index contributed by atoms with van der Waals surface area (Å²) in [5, 5.41) is 4.77. The van der Waals surface area contributed by atoms with Gasteiger partial charge in [0.2, 0.25) is 17.8 Å². The van der Waals surface area contributed by atoms with Crippen molar-refractivity contribution in [1.82, 2.24) is 10.6 Å². The van der Waals surface area contributed by atoms with Gasteiger partial charge in [-0.3, -0.25) is 25.2 Å². The van der Waals surface area contributed by atoms with Gasteiger partial charge >= 0.3 is 0 Å². The standard InChI is InChI=1S/C11H10FN3O2/c1-13-11-14-9(16)8(10(17)15-11)6-4-2-3-5-7(6)12/h2-5,8H,1H3,(H2,13,14,15,16,17). The number of guanidine groups is 1. The first-order valence-corrected chi connectivity index (χ1v) is 4.96. The molecular formula is C11H10FN3O2. The van der Waals surface area contributed by atoms with Crippen molar-refractivity contribution in [2.24, 2.45) is 4.99 Å². The lowest BCUT2D eigenvalue weighted by Crippen LogP contribution is -2.55. The summed E-state index contributed by atoms with van der Waals surface area (Å²) >= 11 is 0. The summed E-state index contributed by atoms with van der Waals surface area (Å²) in [5.41, 5.74) is 0.0534. The molecule has 0 radical (unpaired) electrons. The van der Waals surface area contributed by atoms with Crippen LogP contribution in [0, 0.1) is 5.82 Å². The zero-order valence-corrected chi connectivity index (χ0v) is 9.03. The van der Waals surface area contributed by atoms with Crippen LogP contribution < -0.4 is 10.6 Å². The second-order valence-corrected chi connectivity index (χ2v) is 3.51. The van der Waals surface area contributed by atoms with Crippen molar-refractivity contribution in [2.75, 3.05) is 7.05 Å². The minimum absolute atomic E-state index is 0.0534. The van der Waals surface area contributed by atoms with Gasteiger partial charge in [-0.2, -0.15) is 0 Å². The van der Waals surface area contributed by atoms with Crippen LogP contribution >= 0.6 is 0 Å². The van der Waals surface area contributed by atoms with Gasteiger partial charge in [0, 0.05) is 12.6 Å². The minimum Gasteiger partial charge on any atom is -0.295 e. The summed E-state index contributed by atoms with van der Waals surface area (Å²) < 4.78 is 13.5. The van der Waals surface area contributed by atoms with Crippen LogP contribution in [-0.4, -0.2) is 24.8 Å². The Kier molecular flexibility index (Phi) is 2.86. The van der Waals surface area contributed by atoms with Crippen LogP contribution in [0.2, 0.25) is 0 Å². The number of halogens is 1. The monoisotopic (exact) mass is 235 g/mol. The van der Waals surface area contributed by atoms with Crippen molar-refractivity contribution >= 4 is 17.8 Å². The van der Waals surface area contributed by atoms with Gasteiger partial charge in [-0.1, -0.05) is 18.2 Å². The second-order valence-electron chi connectivity index (χ2n) is 3.51. The van der Waals surface area contributed by atoms with E-state index < -0.39 is 23.5 Å². The van der Waals surface area contributed by atoms with Gasteiger partial charge < -0.3 is 0 Å². The molecule has 0 spiro atoms. The lowest BCUT2D eigenvalue weighted by molar-refractivity contribution is -0.131. The average molecular weight is 235 g/mol. The number of amides is 2. The molecule has 1 aliphatic heterocycles. The number of hydrogen-bond acceptors (Lipinski definition) is 3. The highest BCUT2D eigenvalue weighted by atomic mass is 19.1. The average Bonchev–Trinajstić information content (AvgIpc) is 2.30. The minimum atomic E-state index is -1.18. The molecule has 0 bridgehead atoms. The first-order chi connectivity index (χ1) is 8.13. The molecule has 1 saturated heterocycles. The molecule has 2 rings (SSSR count). The van der Waals surface area contributed by atoms with Crippen LogP contribution in [0.4, 0.5) is 4.39 Å². The van der Waals surface area contributed by atoms with Crippen molar-refractivity contribution in [3.8, 4) is 0 Å². The van der Waals surface area contributed by atoms with Gasteiger partial charge in [0.15, 0.2) is 0 Å². The predicted molar refractivity (Wildman–Crippen MR) is 58.8 cm³/mol. The smallest absolute Gasteiger partial charge is 0.243 e. The molecular weight excluding hydrogens is 225 g/mol. The van der Waals surface area contributed by atoms with E-state index in [0.717, 1.165) is 0 Å². The Morgan fingerprint density at radius 1 is 1.18 bits per heavy atom. The normalized spacial score (nSPS) is 19.6. The highest BCUT2D eigenvalue weighted by molar-refractivity contribution is 6.20. The predicted octanol–water partition coefficient (Wildman–Crippen LogP) is 0.141. The van der Waals surface area contributed by atoms with E-state index in [4.69, 9.17) is 0 Å². The molecule has 6 heteroatoms. The van der Waals surface area contributed by atoms with E-state index in [0.29, 0.717) is 0 Å². The molecule has 17 heavy (non-hydrogen) atoms. The largest absolute Gasteiger partial charge is 0.295 e. The number of benzene rings is 1. The number of aliphatic imine (C=N–C) groups is 1. The lowest BCUT2D eigenvalue weighted by atomic mass is 9.95. The Labute approximate surface area is 96.7 Å². The van der Waals surface area contributed by atoms with Crippen molar-refractivity contribution in [2.45, 2.75) is 5.92 Å². The number of rotatable bonds is 1. The Morgan fingerprint density at radius 3 is 2.29 bits per heavy atom. The quantitative estimate of drug-likeness (QED) is 0.680. The maximum atomic E-state index is 13.5. The third kappa shape index (κ3) is 2.01. The van der Waals surface area contributed by atoms with Gasteiger partial charge in [-0.25, -0.2) is 4.39 Å². The van der Waals surface area contributed by atoms with Crippen LogP contribution in [0.15, 0.2) is 29.3 Å². The van der Waals surface area contributed by atoms with Gasteiger partial charge in [-0.05, 0) is 6.07 Å². The maximum Gasteiger partial charge on any atom is 0.243 e. The van der Waals surface area contributed by atoms with Gasteiger partial charge in [0.1, 0.15) is 11.7 Å². The van der Waals surface area contributed by atoms with Crippen LogP contribution in [0.25, 0.3) is 0 Å². The molecule has 0 aromatic heterocycles. The van der Waals surface area contributed by atoms with E-state index in [1.807, 2.05) is 0 Å². The number of carbonyl (C=O) groups excluding carboxylic acids is 2. The first-order valence-electron chi connectivity index (χ1n) is 4.96. The fraction of sp³-hybridized carbons (Fsp3) is 0.182. The molecule has 0 aliphatic carbocycles. The fourth-order valence-corrected chi connectivity index (χ4v) is 1.63. The Balaban J connectivity index is 2.37. The number of hydrogen-bond donors (Lipinski definition) is 2. The summed E-state index contributed by atoms with van der Waals surface area (Å²) in [6.45, 7) is 0. The first kappa shape index (κ1) is 11.3. The number of nitrogens with one attached hydrogen (secondary N) is 2. The Hall–Kier alpha value is -2.24. The Morgan fingerprint density at radius 2 is 1.76 bits per heavy atom. The van der Waals surface area contributed by atoms with Crippen LogP contribution in [-0.2, 0) is 9.59 Å². The van der Waals surface area contributed by atoms with Crippen LogP contribution in [0.5, 0.6) is 0 Å². The maximum absolute atomic E-state index is 13.5. The molecule has 0 atom stereocenters. The van der Waals surface area contributed by atoms with Crippen molar-refractivity contribution in [3.05, 3.63) is 35.6 Å². The highest BCUT2D eigenvalue weighted by Gasteiger charge is 2.35. The molecule has 2 N–H and O–H groups in total. The summed E-state index contributed by atoms with van der Waals surface area (Å²) in [4.78, 5) is 27.1. The summed E-state index contributed by atoms with van der Waals surface area (Å²) in [6.07, 6.45) is 0. The van der Waals surface area contributed by atoms with E-state index in [2.05, 4.69) is 15.6 Å². The van der Waals surface area contributed by atoms with Gasteiger partial charge in [0.25, 0.3) is 0 Å². The molecule has 1 aliphatic rings. The number of nitrogens with zero attached hydrogens (tertiary/aromatic N) is 1. The molecule has 88 valence electrons. The summed E-state index contributed by atoms with van der Waals surface area (Å²) in [7, 11) is 1.43. The molecule has 0 saturated carbocycles. The van der Waals surface area contributed by atoms with Crippen LogP contribution in [0.3, 0.4) is 0 Å². The highest BCUT2D eigenvalue weighted by Crippen LogP contribution is 2.21. The summed E-state index contributed by atoms with van der Waals surface area (Å²) in [5.74, 6) is -2.85. The zero-order chi connectivity index (χ0) is 12.4. The molecule has 0 unspecified atom stereocenters. The molecule has 1 fully saturated rings. The molecule has 1 aromatic carbocycles. The van der Waals surface area contributed by atoms with E-state index >= 15 is 0 Å². The van der Waals surface area contributed by atoms with Gasteiger partial charge in [0.05, 0.1) is 0 Å². The Bertz CT molecular complexity index is 493. The van der Waals surface area contributed by atoms with Gasteiger partial charge in [-0.15, -0.1) is 0 Å². The van der Waals surface area contributed by atoms with E-state index in [-0.39, 0.29) is 11.5 Å². The fourth-order valence-electron chi connectivity index (χ4n) is 1.63. The van der Waals surface area contributed by atoms with E-state index in [1.54, 1.807) is 6.07 Å². The van der Waals surface area contributed by atoms with Crippen molar-refractivity contribution in [1.29, 1.82) is 0 Å². The molecule has 2 amide bonds. The molecule has 1 heterocycles. The third-order valence-electron chi connectivity index (χ3n) is 2.45. The SMILES string of the molecule is CN=C1NC(=O)C(c2ccccc2F)C(=O)N1. The topological polar surface area (TPSA) is 70.6 Å². The summed E-state index contributed by atoms with van der Waals surface area (Å²) in [6, 6.07) is 5.69. The zero-order valence-electron chi connectivity index (χ0n) is 9.03. The van der Waals surface area contributed by atoms with Crippen LogP contribution in [0.1, 0.15) is 11.5 Å². The van der Waals surface area contributed by atoms with E-state index in [1.165, 1.54) is 25.2 Å². The second kappa shape index (κ2) is 4.32. The number of carbonyl (C=O) groups is 2.